The van der Waals surface area contributed by atoms with Gasteiger partial charge in [-0.3, -0.25) is 0 Å². The van der Waals surface area contributed by atoms with Crippen LogP contribution in [0.4, 0.5) is 0 Å². The zero-order valence-corrected chi connectivity index (χ0v) is 9.34. The van der Waals surface area contributed by atoms with Crippen LogP contribution in [0.3, 0.4) is 0 Å². The molecule has 1 aliphatic carbocycles. The van der Waals surface area contributed by atoms with E-state index in [4.69, 9.17) is 5.11 Å². The van der Waals surface area contributed by atoms with Gasteiger partial charge >= 0.3 is 0 Å². The molecule has 0 spiro atoms. The summed E-state index contributed by atoms with van der Waals surface area (Å²) in [7, 11) is 0. The van der Waals surface area contributed by atoms with Crippen LogP contribution >= 0.6 is 0 Å². The number of hydrogen-bond donors (Lipinski definition) is 2. The lowest BCUT2D eigenvalue weighted by Crippen LogP contribution is -2.09. The maximum Gasteiger partial charge on any atom is 0.0654 e. The van der Waals surface area contributed by atoms with Crippen molar-refractivity contribution in [1.29, 1.82) is 0 Å². The number of rotatable bonds is 7. The largest absolute Gasteiger partial charge is 0.395 e. The Bertz CT molecular complexity index is 220. The van der Waals surface area contributed by atoms with Crippen molar-refractivity contribution < 1.29 is 10.2 Å². The van der Waals surface area contributed by atoms with Gasteiger partial charge in [0, 0.05) is 5.41 Å². The second-order valence-corrected chi connectivity index (χ2v) is 4.42. The fraction of sp³-hybridized carbons (Fsp3) is 0.833. The van der Waals surface area contributed by atoms with Crippen molar-refractivity contribution in [2.75, 3.05) is 13.2 Å². The molecule has 2 nitrogen and oxygen atoms in total. The van der Waals surface area contributed by atoms with E-state index in [1.807, 2.05) is 6.92 Å². The van der Waals surface area contributed by atoms with Crippen molar-refractivity contribution in [2.24, 2.45) is 5.41 Å². The molecule has 0 aromatic rings. The van der Waals surface area contributed by atoms with Gasteiger partial charge in [0.25, 0.3) is 0 Å². The van der Waals surface area contributed by atoms with Crippen molar-refractivity contribution in [3.05, 3.63) is 11.1 Å². The zero-order chi connectivity index (χ0) is 10.6. The second kappa shape index (κ2) is 4.94. The van der Waals surface area contributed by atoms with Crippen LogP contribution in [-0.4, -0.2) is 23.4 Å². The molecule has 0 bridgehead atoms. The summed E-state index contributed by atoms with van der Waals surface area (Å²) in [4.78, 5) is 0. The maximum atomic E-state index is 9.19. The van der Waals surface area contributed by atoms with E-state index in [9.17, 15) is 5.11 Å². The first kappa shape index (κ1) is 11.7. The predicted octanol–water partition coefficient (Wildman–Crippen LogP) is 2.26. The van der Waals surface area contributed by atoms with Gasteiger partial charge in [-0.1, -0.05) is 31.8 Å². The number of aliphatic hydroxyl groups excluding tert-OH is 2. The van der Waals surface area contributed by atoms with E-state index in [1.165, 1.54) is 31.3 Å². The van der Waals surface area contributed by atoms with E-state index >= 15 is 0 Å². The summed E-state index contributed by atoms with van der Waals surface area (Å²) in [6.07, 6.45) is 6.07. The van der Waals surface area contributed by atoms with Gasteiger partial charge in [-0.05, 0) is 25.3 Å². The molecule has 82 valence electrons. The Morgan fingerprint density at radius 1 is 1.07 bits per heavy atom. The number of aliphatic hydroxyl groups is 2. The van der Waals surface area contributed by atoms with Gasteiger partial charge in [0.1, 0.15) is 0 Å². The monoisotopic (exact) mass is 198 g/mol. The van der Waals surface area contributed by atoms with E-state index in [2.05, 4.69) is 6.92 Å². The van der Waals surface area contributed by atoms with E-state index in [0.29, 0.717) is 0 Å². The van der Waals surface area contributed by atoms with Crippen molar-refractivity contribution >= 4 is 0 Å². The first-order valence-electron chi connectivity index (χ1n) is 5.65. The Morgan fingerprint density at radius 2 is 1.79 bits per heavy atom. The molecule has 1 aliphatic rings. The summed E-state index contributed by atoms with van der Waals surface area (Å²) in [5, 5.41) is 18.3. The van der Waals surface area contributed by atoms with Crippen molar-refractivity contribution in [2.45, 2.75) is 46.0 Å². The highest BCUT2D eigenvalue weighted by Crippen LogP contribution is 2.53. The van der Waals surface area contributed by atoms with Crippen LogP contribution in [-0.2, 0) is 0 Å². The second-order valence-electron chi connectivity index (χ2n) is 4.42. The van der Waals surface area contributed by atoms with Gasteiger partial charge in [-0.25, -0.2) is 0 Å². The molecular weight excluding hydrogens is 176 g/mol. The fourth-order valence-electron chi connectivity index (χ4n) is 2.18. The molecule has 2 N–H and O–H groups in total. The zero-order valence-electron chi connectivity index (χ0n) is 9.34. The highest BCUT2D eigenvalue weighted by Gasteiger charge is 2.46. The van der Waals surface area contributed by atoms with Gasteiger partial charge in [0.05, 0.1) is 13.2 Å². The van der Waals surface area contributed by atoms with Gasteiger partial charge in [-0.15, -0.1) is 0 Å². The van der Waals surface area contributed by atoms with Crippen molar-refractivity contribution in [1.82, 2.24) is 0 Å². The molecule has 0 amide bonds. The predicted molar refractivity (Wildman–Crippen MR) is 58.1 cm³/mol. The molecule has 0 aromatic heterocycles. The molecule has 0 saturated carbocycles. The number of hydrogen-bond acceptors (Lipinski definition) is 2. The standard InChI is InChI=1S/C12H22O2/c1-3-4-5-6-7-10-11(8-13)12(10,2)9-14/h13-14H,3-9H2,1-2H3. The average molecular weight is 198 g/mol. The third-order valence-corrected chi connectivity index (χ3v) is 3.39. The third kappa shape index (κ3) is 2.18. The Hall–Kier alpha value is -0.340. The Morgan fingerprint density at radius 3 is 2.21 bits per heavy atom. The third-order valence-electron chi connectivity index (χ3n) is 3.39. The molecule has 0 aliphatic heterocycles. The minimum Gasteiger partial charge on any atom is -0.395 e. The smallest absolute Gasteiger partial charge is 0.0654 e. The molecule has 14 heavy (non-hydrogen) atoms. The lowest BCUT2D eigenvalue weighted by molar-refractivity contribution is 0.219. The molecule has 0 fully saturated rings. The quantitative estimate of drug-likeness (QED) is 0.486. The van der Waals surface area contributed by atoms with Crippen LogP contribution in [0.25, 0.3) is 0 Å². The summed E-state index contributed by atoms with van der Waals surface area (Å²) < 4.78 is 0. The van der Waals surface area contributed by atoms with E-state index in [-0.39, 0.29) is 18.6 Å². The summed E-state index contributed by atoms with van der Waals surface area (Å²) in [5.41, 5.74) is 2.25. The highest BCUT2D eigenvalue weighted by molar-refractivity contribution is 5.48. The molecule has 1 unspecified atom stereocenters. The summed E-state index contributed by atoms with van der Waals surface area (Å²) >= 11 is 0. The van der Waals surface area contributed by atoms with Gasteiger partial charge in [0.15, 0.2) is 0 Å². The van der Waals surface area contributed by atoms with E-state index in [1.54, 1.807) is 0 Å². The summed E-state index contributed by atoms with van der Waals surface area (Å²) in [5.74, 6) is 0. The van der Waals surface area contributed by atoms with E-state index < -0.39 is 0 Å². The first-order valence-corrected chi connectivity index (χ1v) is 5.65. The SMILES string of the molecule is CCCCCCC1=C(CO)C1(C)CO. The van der Waals surface area contributed by atoms with Gasteiger partial charge < -0.3 is 10.2 Å². The molecule has 0 heterocycles. The molecular formula is C12H22O2. The Balaban J connectivity index is 2.27. The molecule has 0 aromatic carbocycles. The first-order chi connectivity index (χ1) is 6.70. The average Bonchev–Trinajstić information content (AvgIpc) is 2.79. The van der Waals surface area contributed by atoms with Crippen LogP contribution in [0.5, 0.6) is 0 Å². The minimum absolute atomic E-state index is 0.125. The van der Waals surface area contributed by atoms with Gasteiger partial charge in [0.2, 0.25) is 0 Å². The van der Waals surface area contributed by atoms with Crippen LogP contribution in [0, 0.1) is 5.41 Å². The Labute approximate surface area is 86.6 Å². The van der Waals surface area contributed by atoms with Crippen LogP contribution < -0.4 is 0 Å². The number of unbranched alkanes of at least 4 members (excludes halogenated alkanes) is 3. The summed E-state index contributed by atoms with van der Waals surface area (Å²) in [6.45, 7) is 4.51. The topological polar surface area (TPSA) is 40.5 Å². The van der Waals surface area contributed by atoms with Crippen LogP contribution in [0.2, 0.25) is 0 Å². The molecule has 0 saturated heterocycles. The minimum atomic E-state index is -0.138. The lowest BCUT2D eigenvalue weighted by Gasteiger charge is -2.09. The highest BCUT2D eigenvalue weighted by atomic mass is 16.3. The molecule has 1 atom stereocenters. The van der Waals surface area contributed by atoms with Crippen molar-refractivity contribution in [3.8, 4) is 0 Å². The maximum absolute atomic E-state index is 9.19. The van der Waals surface area contributed by atoms with E-state index in [0.717, 1.165) is 12.0 Å². The van der Waals surface area contributed by atoms with Crippen LogP contribution in [0.1, 0.15) is 46.0 Å². The van der Waals surface area contributed by atoms with Crippen molar-refractivity contribution in [3.63, 3.8) is 0 Å². The fourth-order valence-corrected chi connectivity index (χ4v) is 2.18. The normalized spacial score (nSPS) is 25.7. The van der Waals surface area contributed by atoms with Gasteiger partial charge in [-0.2, -0.15) is 0 Å². The van der Waals surface area contributed by atoms with Crippen LogP contribution in [0.15, 0.2) is 11.1 Å². The molecule has 2 heteroatoms. The molecule has 0 radical (unpaired) electrons. The molecule has 1 rings (SSSR count). The summed E-state index contributed by atoms with van der Waals surface area (Å²) in [6, 6.07) is 0. The lowest BCUT2D eigenvalue weighted by atomic mass is 9.99. The Kier molecular flexibility index (Phi) is 4.14.